The molecule has 2 rings (SSSR count). The fourth-order valence-electron chi connectivity index (χ4n) is 2.65. The monoisotopic (exact) mass is 396 g/mol. The summed E-state index contributed by atoms with van der Waals surface area (Å²) in [7, 11) is 1.60. The molecule has 0 atom stereocenters. The first kappa shape index (κ1) is 21.9. The van der Waals surface area contributed by atoms with E-state index < -0.39 is 0 Å². The van der Waals surface area contributed by atoms with Crippen molar-refractivity contribution in [2.24, 2.45) is 0 Å². The molecule has 29 heavy (non-hydrogen) atoms. The predicted molar refractivity (Wildman–Crippen MR) is 115 cm³/mol. The Labute approximate surface area is 171 Å². The Bertz CT molecular complexity index is 849. The van der Waals surface area contributed by atoms with Crippen LogP contribution in [0.4, 0.5) is 11.6 Å². The van der Waals surface area contributed by atoms with E-state index in [1.54, 1.807) is 37.5 Å². The summed E-state index contributed by atoms with van der Waals surface area (Å²) in [5.41, 5.74) is 7.79. The molecule has 2 aromatic rings. The molecular weight excluding hydrogens is 368 g/mol. The van der Waals surface area contributed by atoms with E-state index in [0.29, 0.717) is 30.3 Å². The Morgan fingerprint density at radius 1 is 1.17 bits per heavy atom. The number of aryl methyl sites for hydroxylation is 1. The molecule has 154 valence electrons. The lowest BCUT2D eigenvalue weighted by molar-refractivity contribution is -0.116. The first-order valence-corrected chi connectivity index (χ1v) is 9.66. The molecule has 2 amide bonds. The van der Waals surface area contributed by atoms with Gasteiger partial charge in [-0.05, 0) is 62.1 Å². The van der Waals surface area contributed by atoms with E-state index >= 15 is 0 Å². The number of carbonyl (C=O) groups is 2. The van der Waals surface area contributed by atoms with Crippen LogP contribution in [0.15, 0.2) is 36.5 Å². The molecule has 0 bridgehead atoms. The largest absolute Gasteiger partial charge is 0.384 e. The number of nitrogens with one attached hydrogen (secondary N) is 3. The van der Waals surface area contributed by atoms with Crippen molar-refractivity contribution in [2.45, 2.75) is 26.2 Å². The van der Waals surface area contributed by atoms with Gasteiger partial charge in [-0.25, -0.2) is 9.97 Å². The molecule has 0 fully saturated rings. The minimum Gasteiger partial charge on any atom is -0.384 e. The Morgan fingerprint density at radius 2 is 2.00 bits per heavy atom. The lowest BCUT2D eigenvalue weighted by Crippen LogP contribution is -2.22. The number of hydrogen-bond acceptors (Lipinski definition) is 6. The summed E-state index contributed by atoms with van der Waals surface area (Å²) in [6.07, 6.45) is 7.28. The number of nitrogens with two attached hydrogens (primary N) is 1. The van der Waals surface area contributed by atoms with Gasteiger partial charge in [-0.2, -0.15) is 0 Å². The van der Waals surface area contributed by atoms with Crippen LogP contribution in [0.1, 0.15) is 41.4 Å². The van der Waals surface area contributed by atoms with Gasteiger partial charge in [0.25, 0.3) is 5.91 Å². The van der Waals surface area contributed by atoms with Crippen molar-refractivity contribution in [3.63, 3.8) is 0 Å². The van der Waals surface area contributed by atoms with E-state index in [4.69, 9.17) is 5.73 Å². The normalized spacial score (nSPS) is 10.7. The molecule has 0 unspecified atom stereocenters. The smallest absolute Gasteiger partial charge is 0.254 e. The molecule has 0 aliphatic carbocycles. The molecule has 0 saturated carbocycles. The lowest BCUT2D eigenvalue weighted by Gasteiger charge is -2.11. The van der Waals surface area contributed by atoms with E-state index in [2.05, 4.69) is 25.9 Å². The van der Waals surface area contributed by atoms with Crippen LogP contribution >= 0.6 is 0 Å². The van der Waals surface area contributed by atoms with Gasteiger partial charge in [0.15, 0.2) is 0 Å². The molecule has 8 nitrogen and oxygen atoms in total. The van der Waals surface area contributed by atoms with Crippen molar-refractivity contribution in [1.29, 1.82) is 0 Å². The quantitative estimate of drug-likeness (QED) is 0.360. The molecule has 0 radical (unpaired) electrons. The zero-order chi connectivity index (χ0) is 21.1. The molecule has 8 heteroatoms. The van der Waals surface area contributed by atoms with Gasteiger partial charge < -0.3 is 21.7 Å². The van der Waals surface area contributed by atoms with Crippen LogP contribution in [0.3, 0.4) is 0 Å². The van der Waals surface area contributed by atoms with E-state index in [1.807, 2.05) is 13.0 Å². The summed E-state index contributed by atoms with van der Waals surface area (Å²) in [5.74, 6) is 0.733. The Kier molecular flexibility index (Phi) is 8.62. The minimum absolute atomic E-state index is 0.149. The van der Waals surface area contributed by atoms with Crippen molar-refractivity contribution in [1.82, 2.24) is 20.6 Å². The number of amides is 2. The minimum atomic E-state index is -0.162. The van der Waals surface area contributed by atoms with Crippen LogP contribution in [-0.2, 0) is 11.2 Å². The maximum atomic E-state index is 11.9. The summed E-state index contributed by atoms with van der Waals surface area (Å²) < 4.78 is 0. The Morgan fingerprint density at radius 3 is 2.69 bits per heavy atom. The van der Waals surface area contributed by atoms with E-state index in [0.717, 1.165) is 30.5 Å². The van der Waals surface area contributed by atoms with Gasteiger partial charge in [-0.3, -0.25) is 9.59 Å². The summed E-state index contributed by atoms with van der Waals surface area (Å²) in [5, 5.41) is 8.61. The first-order valence-electron chi connectivity index (χ1n) is 9.66. The van der Waals surface area contributed by atoms with E-state index in [1.165, 1.54) is 6.08 Å². The average Bonchev–Trinajstić information content (AvgIpc) is 2.73. The molecule has 0 saturated heterocycles. The highest BCUT2D eigenvalue weighted by atomic mass is 16.2. The van der Waals surface area contributed by atoms with Gasteiger partial charge >= 0.3 is 0 Å². The highest BCUT2D eigenvalue weighted by molar-refractivity contribution is 5.98. The fraction of sp³-hybridized carbons (Fsp3) is 0.333. The predicted octanol–water partition coefficient (Wildman–Crippen LogP) is 2.00. The van der Waals surface area contributed by atoms with Crippen molar-refractivity contribution in [3.8, 4) is 0 Å². The summed E-state index contributed by atoms with van der Waals surface area (Å²) >= 11 is 0. The highest BCUT2D eigenvalue weighted by Crippen LogP contribution is 2.15. The van der Waals surface area contributed by atoms with Crippen LogP contribution < -0.4 is 21.7 Å². The Balaban J connectivity index is 1.75. The molecule has 2 aromatic heterocycles. The zero-order valence-electron chi connectivity index (χ0n) is 16.9. The van der Waals surface area contributed by atoms with Gasteiger partial charge in [-0.15, -0.1) is 0 Å². The number of nitrogens with zero attached hydrogens (tertiary/aromatic N) is 2. The van der Waals surface area contributed by atoms with E-state index in [-0.39, 0.29) is 11.8 Å². The number of nitrogen functional groups attached to an aromatic ring is 1. The molecule has 0 spiro atoms. The van der Waals surface area contributed by atoms with Gasteiger partial charge in [0, 0.05) is 38.1 Å². The first-order chi connectivity index (χ1) is 14.0. The van der Waals surface area contributed by atoms with Crippen molar-refractivity contribution < 1.29 is 9.59 Å². The molecule has 0 aliphatic rings. The second-order valence-corrected chi connectivity index (χ2v) is 6.41. The number of unbranched alkanes of at least 4 members (excludes halogenated alkanes) is 1. The third-order valence-electron chi connectivity index (χ3n) is 4.16. The van der Waals surface area contributed by atoms with Gasteiger partial charge in [0.2, 0.25) is 5.91 Å². The zero-order valence-corrected chi connectivity index (χ0v) is 16.9. The number of aromatic nitrogens is 2. The number of carbonyl (C=O) groups excluding carboxylic acids is 2. The molecule has 0 aromatic carbocycles. The maximum absolute atomic E-state index is 11.9. The van der Waals surface area contributed by atoms with E-state index in [9.17, 15) is 9.59 Å². The Hall–Kier alpha value is -3.42. The average molecular weight is 396 g/mol. The second-order valence-electron chi connectivity index (χ2n) is 6.41. The summed E-state index contributed by atoms with van der Waals surface area (Å²) in [4.78, 5) is 32.3. The third kappa shape index (κ3) is 7.25. The number of anilines is 2. The van der Waals surface area contributed by atoms with Crippen molar-refractivity contribution in [2.75, 3.05) is 31.2 Å². The van der Waals surface area contributed by atoms with Crippen LogP contribution in [0.2, 0.25) is 0 Å². The van der Waals surface area contributed by atoms with Gasteiger partial charge in [0.05, 0.1) is 5.56 Å². The number of hydrogen-bond donors (Lipinski definition) is 4. The summed E-state index contributed by atoms with van der Waals surface area (Å²) in [6, 6.07) is 7.15. The molecule has 5 N–H and O–H groups in total. The number of rotatable bonds is 10. The summed E-state index contributed by atoms with van der Waals surface area (Å²) in [6.45, 7) is 3.23. The van der Waals surface area contributed by atoms with Crippen LogP contribution in [0.5, 0.6) is 0 Å². The molecule has 0 aliphatic heterocycles. The van der Waals surface area contributed by atoms with Gasteiger partial charge in [0.1, 0.15) is 11.6 Å². The topological polar surface area (TPSA) is 122 Å². The van der Waals surface area contributed by atoms with Crippen LogP contribution in [0, 0.1) is 0 Å². The van der Waals surface area contributed by atoms with Crippen LogP contribution in [-0.4, -0.2) is 41.9 Å². The highest BCUT2D eigenvalue weighted by Gasteiger charge is 2.11. The third-order valence-corrected chi connectivity index (χ3v) is 4.16. The van der Waals surface area contributed by atoms with Crippen molar-refractivity contribution >= 4 is 29.5 Å². The fourth-order valence-corrected chi connectivity index (χ4v) is 2.65. The SMILES string of the molecule is CCNc1nc(CCCCNC(=O)/C=C/c2ccc(N)nc2)ccc1C(=O)NC. The van der Waals surface area contributed by atoms with Crippen molar-refractivity contribution in [3.05, 3.63) is 53.4 Å². The lowest BCUT2D eigenvalue weighted by atomic mass is 10.1. The number of pyridine rings is 2. The maximum Gasteiger partial charge on any atom is 0.254 e. The molecule has 2 heterocycles. The van der Waals surface area contributed by atoms with Crippen LogP contribution in [0.25, 0.3) is 6.08 Å². The molecular formula is C21H28N6O2. The van der Waals surface area contributed by atoms with Gasteiger partial charge in [-0.1, -0.05) is 0 Å². The second kappa shape index (κ2) is 11.4. The standard InChI is InChI=1S/C21H28N6O2/c1-3-24-20-17(21(29)23-2)10-9-16(27-20)6-4-5-13-25-19(28)12-8-15-7-11-18(22)26-14-15/h7-12,14H,3-6,13H2,1-2H3,(H2,22,26)(H,23,29)(H,24,27)(H,25,28)/b12-8+.